The standard InChI is InChI=1S/C24H25N5O5S/c1-15-8-10-22(16(2)12-15)28-35(33,34)21-9-11-23(24(14-21)29(31)32)27-26-17(3)19-6-5-7-20(13-19)25-18(4)30/h5-14,27-28H,1-4H3,(H,25,30)/b26-17+. The third-order valence-corrected chi connectivity index (χ3v) is 6.41. The average Bonchev–Trinajstić information content (AvgIpc) is 2.78. The lowest BCUT2D eigenvalue weighted by molar-refractivity contribution is -0.384. The molecule has 0 aromatic heterocycles. The van der Waals surface area contributed by atoms with Crippen molar-refractivity contribution >= 4 is 44.4 Å². The van der Waals surface area contributed by atoms with Gasteiger partial charge >= 0.3 is 0 Å². The fourth-order valence-corrected chi connectivity index (χ4v) is 4.44. The molecule has 0 saturated heterocycles. The van der Waals surface area contributed by atoms with E-state index >= 15 is 0 Å². The molecule has 3 rings (SSSR count). The molecule has 0 radical (unpaired) electrons. The van der Waals surface area contributed by atoms with Gasteiger partial charge in [0.2, 0.25) is 5.91 Å². The van der Waals surface area contributed by atoms with Crippen LogP contribution in [0.25, 0.3) is 0 Å². The smallest absolute Gasteiger partial charge is 0.295 e. The van der Waals surface area contributed by atoms with Crippen LogP contribution in [-0.2, 0) is 14.8 Å². The zero-order valence-corrected chi connectivity index (χ0v) is 20.4. The molecule has 3 aromatic carbocycles. The Labute approximate surface area is 203 Å². The van der Waals surface area contributed by atoms with Crippen LogP contribution >= 0.6 is 0 Å². The van der Waals surface area contributed by atoms with Gasteiger partial charge in [-0.1, -0.05) is 29.8 Å². The third-order valence-electron chi connectivity index (χ3n) is 5.05. The molecule has 0 heterocycles. The van der Waals surface area contributed by atoms with Crippen LogP contribution in [0.5, 0.6) is 0 Å². The van der Waals surface area contributed by atoms with Crippen molar-refractivity contribution in [3.05, 3.63) is 87.5 Å². The van der Waals surface area contributed by atoms with Gasteiger partial charge in [-0.3, -0.25) is 25.1 Å². The van der Waals surface area contributed by atoms with Gasteiger partial charge in [-0.05, 0) is 62.2 Å². The van der Waals surface area contributed by atoms with Crippen LogP contribution in [0.2, 0.25) is 0 Å². The number of sulfonamides is 1. The van der Waals surface area contributed by atoms with Crippen LogP contribution in [-0.4, -0.2) is 25.0 Å². The van der Waals surface area contributed by atoms with Gasteiger partial charge in [0, 0.05) is 18.7 Å². The Bertz CT molecular complexity index is 1430. The van der Waals surface area contributed by atoms with Gasteiger partial charge in [0.1, 0.15) is 5.69 Å². The predicted octanol–water partition coefficient (Wildman–Crippen LogP) is 4.81. The zero-order chi connectivity index (χ0) is 25.8. The lowest BCUT2D eigenvalue weighted by Gasteiger charge is -2.12. The van der Waals surface area contributed by atoms with E-state index in [-0.39, 0.29) is 16.5 Å². The second-order valence-corrected chi connectivity index (χ2v) is 9.61. The number of carbonyl (C=O) groups excluding carboxylic acids is 1. The number of aryl methyl sites for hydroxylation is 2. The van der Waals surface area contributed by atoms with E-state index in [4.69, 9.17) is 0 Å². The fraction of sp³-hybridized carbons (Fsp3) is 0.167. The van der Waals surface area contributed by atoms with Gasteiger partial charge in [0.25, 0.3) is 15.7 Å². The van der Waals surface area contributed by atoms with Gasteiger partial charge < -0.3 is 5.32 Å². The molecule has 0 atom stereocenters. The third kappa shape index (κ3) is 6.42. The number of nitro benzene ring substituents is 1. The van der Waals surface area contributed by atoms with Crippen LogP contribution in [0.1, 0.15) is 30.5 Å². The van der Waals surface area contributed by atoms with Crippen LogP contribution in [0, 0.1) is 24.0 Å². The number of hydrogen-bond donors (Lipinski definition) is 3. The normalized spacial score (nSPS) is 11.6. The number of carbonyl (C=O) groups is 1. The van der Waals surface area contributed by atoms with E-state index in [1.807, 2.05) is 13.0 Å². The Morgan fingerprint density at radius 3 is 2.34 bits per heavy atom. The number of nitrogens with one attached hydrogen (secondary N) is 3. The summed E-state index contributed by atoms with van der Waals surface area (Å²) in [6, 6.07) is 15.7. The Balaban J connectivity index is 1.87. The van der Waals surface area contributed by atoms with Crippen molar-refractivity contribution in [2.24, 2.45) is 5.10 Å². The highest BCUT2D eigenvalue weighted by Crippen LogP contribution is 2.29. The van der Waals surface area contributed by atoms with E-state index in [0.717, 1.165) is 17.2 Å². The lowest BCUT2D eigenvalue weighted by Crippen LogP contribution is -2.14. The molecule has 0 aliphatic carbocycles. The molecule has 0 spiro atoms. The second kappa shape index (κ2) is 10.3. The Morgan fingerprint density at radius 1 is 0.971 bits per heavy atom. The molecule has 0 bridgehead atoms. The zero-order valence-electron chi connectivity index (χ0n) is 19.6. The number of benzene rings is 3. The summed E-state index contributed by atoms with van der Waals surface area (Å²) in [7, 11) is -4.06. The quantitative estimate of drug-likeness (QED) is 0.233. The van der Waals surface area contributed by atoms with Crippen molar-refractivity contribution in [3.63, 3.8) is 0 Å². The molecular weight excluding hydrogens is 470 g/mol. The van der Waals surface area contributed by atoms with E-state index in [1.165, 1.54) is 19.1 Å². The summed E-state index contributed by atoms with van der Waals surface area (Å²) in [5.74, 6) is -0.215. The van der Waals surface area contributed by atoms with Crippen LogP contribution in [0.3, 0.4) is 0 Å². The molecule has 182 valence electrons. The number of nitro groups is 1. The van der Waals surface area contributed by atoms with Crippen LogP contribution in [0.4, 0.5) is 22.7 Å². The van der Waals surface area contributed by atoms with Crippen LogP contribution < -0.4 is 15.5 Å². The van der Waals surface area contributed by atoms with Crippen molar-refractivity contribution in [1.82, 2.24) is 0 Å². The number of rotatable bonds is 8. The number of hydrazone groups is 1. The minimum atomic E-state index is -4.06. The summed E-state index contributed by atoms with van der Waals surface area (Å²) in [5.41, 5.74) is 6.09. The highest BCUT2D eigenvalue weighted by atomic mass is 32.2. The summed E-state index contributed by atoms with van der Waals surface area (Å²) in [5, 5.41) is 18.5. The molecular formula is C24H25N5O5S. The van der Waals surface area contributed by atoms with E-state index in [2.05, 4.69) is 20.6 Å². The first-order chi connectivity index (χ1) is 16.5. The predicted molar refractivity (Wildman–Crippen MR) is 136 cm³/mol. The molecule has 0 aliphatic heterocycles. The Kier molecular flexibility index (Phi) is 7.50. The SMILES string of the molecule is CC(=O)Nc1cccc(/C(C)=N/Nc2ccc(S(=O)(=O)Nc3ccc(C)cc3C)cc2[N+](=O)[O-])c1. The van der Waals surface area contributed by atoms with E-state index in [0.29, 0.717) is 22.6 Å². The van der Waals surface area contributed by atoms with E-state index in [9.17, 15) is 23.3 Å². The average molecular weight is 496 g/mol. The van der Waals surface area contributed by atoms with Crippen molar-refractivity contribution in [3.8, 4) is 0 Å². The monoisotopic (exact) mass is 495 g/mol. The molecule has 1 amide bonds. The van der Waals surface area contributed by atoms with Gasteiger partial charge in [-0.25, -0.2) is 8.42 Å². The van der Waals surface area contributed by atoms with Gasteiger partial charge in [0.05, 0.1) is 21.2 Å². The number of anilines is 3. The van der Waals surface area contributed by atoms with Crippen molar-refractivity contribution in [2.45, 2.75) is 32.6 Å². The molecule has 0 fully saturated rings. The molecule has 3 aromatic rings. The molecule has 10 nitrogen and oxygen atoms in total. The first-order valence-electron chi connectivity index (χ1n) is 10.5. The molecule has 0 unspecified atom stereocenters. The number of amides is 1. The number of nitrogens with zero attached hydrogens (tertiary/aromatic N) is 2. The maximum absolute atomic E-state index is 12.9. The summed E-state index contributed by atoms with van der Waals surface area (Å²) in [6.45, 7) is 6.75. The summed E-state index contributed by atoms with van der Waals surface area (Å²) in [4.78, 5) is 22.0. The molecule has 35 heavy (non-hydrogen) atoms. The van der Waals surface area contributed by atoms with E-state index < -0.39 is 20.6 Å². The van der Waals surface area contributed by atoms with Crippen molar-refractivity contribution in [2.75, 3.05) is 15.5 Å². The first kappa shape index (κ1) is 25.4. The summed E-state index contributed by atoms with van der Waals surface area (Å²) in [6.07, 6.45) is 0. The molecule has 0 saturated carbocycles. The minimum Gasteiger partial charge on any atom is -0.326 e. The maximum Gasteiger partial charge on any atom is 0.295 e. The minimum absolute atomic E-state index is 0.0258. The highest BCUT2D eigenvalue weighted by Gasteiger charge is 2.22. The summed E-state index contributed by atoms with van der Waals surface area (Å²) < 4.78 is 28.2. The van der Waals surface area contributed by atoms with Crippen molar-refractivity contribution in [1.29, 1.82) is 0 Å². The maximum atomic E-state index is 12.9. The van der Waals surface area contributed by atoms with E-state index in [1.54, 1.807) is 50.2 Å². The lowest BCUT2D eigenvalue weighted by atomic mass is 10.1. The van der Waals surface area contributed by atoms with Gasteiger partial charge in [-0.15, -0.1) is 0 Å². The first-order valence-corrected chi connectivity index (χ1v) is 12.0. The summed E-state index contributed by atoms with van der Waals surface area (Å²) >= 11 is 0. The Hall–Kier alpha value is -4.25. The molecule has 0 aliphatic rings. The van der Waals surface area contributed by atoms with Gasteiger partial charge in [-0.2, -0.15) is 5.10 Å². The fourth-order valence-electron chi connectivity index (χ4n) is 3.29. The van der Waals surface area contributed by atoms with Gasteiger partial charge in [0.15, 0.2) is 0 Å². The number of hydrogen-bond acceptors (Lipinski definition) is 7. The second-order valence-electron chi connectivity index (χ2n) is 7.93. The van der Waals surface area contributed by atoms with Crippen molar-refractivity contribution < 1.29 is 18.1 Å². The highest BCUT2D eigenvalue weighted by molar-refractivity contribution is 7.92. The Morgan fingerprint density at radius 2 is 1.69 bits per heavy atom. The van der Waals surface area contributed by atoms with Crippen LogP contribution in [0.15, 0.2) is 70.7 Å². The topological polar surface area (TPSA) is 143 Å². The molecule has 11 heteroatoms. The molecule has 3 N–H and O–H groups in total. The largest absolute Gasteiger partial charge is 0.326 e.